The van der Waals surface area contributed by atoms with Crippen molar-refractivity contribution < 1.29 is 32.9 Å². The average molecular weight is 587 g/mol. The standard InChI is InChI=1S/C31H40F2N4O5/c1-19-26(27(29(38)39)42-30(2,3)4)28-36-11-9-31(5,10-12-36)41-13-7-6-8-20-14-23(32)24(33)15-21(20)17-40-18-22-16-25(34-19)37(28)35-22/h14-16,27H,6-13,17-18H2,1-5H3,(H,38,39). The summed E-state index contributed by atoms with van der Waals surface area (Å²) < 4.78 is 48.3. The van der Waals surface area contributed by atoms with Crippen molar-refractivity contribution in [2.24, 2.45) is 0 Å². The third-order valence-electron chi connectivity index (χ3n) is 7.97. The lowest BCUT2D eigenvalue weighted by atomic mass is 9.92. The van der Waals surface area contributed by atoms with Gasteiger partial charge in [0.05, 0.1) is 35.7 Å². The van der Waals surface area contributed by atoms with E-state index < -0.39 is 29.3 Å². The van der Waals surface area contributed by atoms with Gasteiger partial charge in [-0.1, -0.05) is 0 Å². The topological polar surface area (TPSA) is 98.4 Å². The molecule has 42 heavy (non-hydrogen) atoms. The predicted molar refractivity (Wildman–Crippen MR) is 153 cm³/mol. The smallest absolute Gasteiger partial charge is 0.337 e. The van der Waals surface area contributed by atoms with Gasteiger partial charge in [-0.05, 0) is 90.0 Å². The zero-order valence-corrected chi connectivity index (χ0v) is 25.0. The van der Waals surface area contributed by atoms with Gasteiger partial charge in [0.15, 0.2) is 23.4 Å². The number of anilines is 1. The number of nitrogens with zero attached hydrogens (tertiary/aromatic N) is 4. The van der Waals surface area contributed by atoms with Crippen LogP contribution in [-0.2, 0) is 38.6 Å². The summed E-state index contributed by atoms with van der Waals surface area (Å²) in [5.74, 6) is -2.25. The van der Waals surface area contributed by atoms with Crippen LogP contribution in [0.15, 0.2) is 18.2 Å². The third-order valence-corrected chi connectivity index (χ3v) is 7.97. The third kappa shape index (κ3) is 6.58. The van der Waals surface area contributed by atoms with E-state index in [1.807, 2.05) is 20.8 Å². The number of hydrogen-bond acceptors (Lipinski definition) is 7. The monoisotopic (exact) mass is 586 g/mol. The molecule has 3 aliphatic rings. The van der Waals surface area contributed by atoms with Gasteiger partial charge >= 0.3 is 5.97 Å². The molecule has 1 atom stereocenters. The van der Waals surface area contributed by atoms with Gasteiger partial charge < -0.3 is 24.2 Å². The molecule has 1 saturated heterocycles. The highest BCUT2D eigenvalue weighted by Gasteiger charge is 2.37. The van der Waals surface area contributed by atoms with Gasteiger partial charge in [0, 0.05) is 31.5 Å². The van der Waals surface area contributed by atoms with Crippen LogP contribution < -0.4 is 4.90 Å². The van der Waals surface area contributed by atoms with Gasteiger partial charge in [-0.15, -0.1) is 0 Å². The van der Waals surface area contributed by atoms with Crippen molar-refractivity contribution in [3.63, 3.8) is 0 Å². The summed E-state index contributed by atoms with van der Waals surface area (Å²) in [4.78, 5) is 19.5. The van der Waals surface area contributed by atoms with E-state index in [1.165, 1.54) is 12.1 Å². The van der Waals surface area contributed by atoms with Gasteiger partial charge in [-0.3, -0.25) is 0 Å². The summed E-state index contributed by atoms with van der Waals surface area (Å²) in [6.07, 6.45) is 2.36. The van der Waals surface area contributed by atoms with E-state index in [9.17, 15) is 18.7 Å². The molecule has 0 aliphatic carbocycles. The largest absolute Gasteiger partial charge is 0.479 e. The van der Waals surface area contributed by atoms with Crippen molar-refractivity contribution in [1.82, 2.24) is 14.6 Å². The normalized spacial score (nSPS) is 19.0. The van der Waals surface area contributed by atoms with Crippen LogP contribution in [0.3, 0.4) is 0 Å². The number of carboxylic acid groups (broad SMARTS) is 1. The molecule has 228 valence electrons. The molecule has 9 nitrogen and oxygen atoms in total. The van der Waals surface area contributed by atoms with Gasteiger partial charge in [-0.25, -0.2) is 18.6 Å². The van der Waals surface area contributed by atoms with Crippen molar-refractivity contribution in [2.75, 3.05) is 24.6 Å². The molecule has 3 aliphatic heterocycles. The number of fused-ring (bicyclic) bond motifs is 8. The molecule has 1 unspecified atom stereocenters. The van der Waals surface area contributed by atoms with Crippen molar-refractivity contribution in [3.05, 3.63) is 57.9 Å². The molecule has 6 rings (SSSR count). The lowest BCUT2D eigenvalue weighted by Gasteiger charge is -2.41. The lowest BCUT2D eigenvalue weighted by Crippen LogP contribution is -2.46. The molecular formula is C31H40F2N4O5. The Hall–Kier alpha value is -3.15. The maximum absolute atomic E-state index is 14.1. The second-order valence-electron chi connectivity index (χ2n) is 12.6. The van der Waals surface area contributed by atoms with Crippen LogP contribution in [0.25, 0.3) is 5.65 Å². The highest BCUT2D eigenvalue weighted by molar-refractivity contribution is 5.78. The molecular weight excluding hydrogens is 546 g/mol. The minimum absolute atomic E-state index is 0.0895. The molecule has 0 saturated carbocycles. The highest BCUT2D eigenvalue weighted by Crippen LogP contribution is 2.38. The van der Waals surface area contributed by atoms with E-state index in [0.717, 1.165) is 25.7 Å². The Bertz CT molecular complexity index is 1460. The number of hydrogen-bond donors (Lipinski definition) is 1. The minimum Gasteiger partial charge on any atom is -0.479 e. The van der Waals surface area contributed by atoms with Crippen LogP contribution in [0.2, 0.25) is 0 Å². The Labute approximate surface area is 244 Å². The molecule has 2 aromatic heterocycles. The molecule has 11 heteroatoms. The summed E-state index contributed by atoms with van der Waals surface area (Å²) >= 11 is 0. The van der Waals surface area contributed by atoms with E-state index in [-0.39, 0.29) is 18.8 Å². The van der Waals surface area contributed by atoms with Crippen molar-refractivity contribution >= 4 is 17.4 Å². The average Bonchev–Trinajstić information content (AvgIpc) is 3.30. The zero-order valence-electron chi connectivity index (χ0n) is 25.0. The molecule has 0 radical (unpaired) electrons. The molecule has 0 amide bonds. The van der Waals surface area contributed by atoms with Gasteiger partial charge in [0.25, 0.3) is 0 Å². The second-order valence-corrected chi connectivity index (χ2v) is 12.6. The highest BCUT2D eigenvalue weighted by atomic mass is 19.2. The molecule has 0 spiro atoms. The molecule has 4 bridgehead atoms. The Balaban J connectivity index is 1.58. The molecule has 1 aromatic carbocycles. The molecule has 1 fully saturated rings. The quantitative estimate of drug-likeness (QED) is 0.418. The maximum atomic E-state index is 14.1. The van der Waals surface area contributed by atoms with Crippen molar-refractivity contribution in [3.8, 4) is 0 Å². The fraction of sp³-hybridized carbons (Fsp3) is 0.581. The van der Waals surface area contributed by atoms with Crippen LogP contribution in [0.5, 0.6) is 0 Å². The van der Waals surface area contributed by atoms with Crippen LogP contribution in [0.1, 0.15) is 87.6 Å². The second kappa shape index (κ2) is 11.9. The Morgan fingerprint density at radius 2 is 1.79 bits per heavy atom. The fourth-order valence-corrected chi connectivity index (χ4v) is 5.76. The zero-order chi connectivity index (χ0) is 30.2. The van der Waals surface area contributed by atoms with Gasteiger partial charge in [-0.2, -0.15) is 9.61 Å². The molecule has 1 N–H and O–H groups in total. The van der Waals surface area contributed by atoms with E-state index in [4.69, 9.17) is 24.3 Å². The summed E-state index contributed by atoms with van der Waals surface area (Å²) in [5, 5.41) is 15.1. The van der Waals surface area contributed by atoms with E-state index in [1.54, 1.807) is 17.5 Å². The van der Waals surface area contributed by atoms with Crippen molar-refractivity contribution in [1.29, 1.82) is 0 Å². The van der Waals surface area contributed by atoms with Crippen LogP contribution in [-0.4, -0.2) is 56.6 Å². The number of piperidine rings is 1. The predicted octanol–water partition coefficient (Wildman–Crippen LogP) is 5.69. The summed E-state index contributed by atoms with van der Waals surface area (Å²) in [6.45, 7) is 11.4. The van der Waals surface area contributed by atoms with Crippen LogP contribution >= 0.6 is 0 Å². The summed E-state index contributed by atoms with van der Waals surface area (Å²) in [5.41, 5.74) is 2.40. The lowest BCUT2D eigenvalue weighted by molar-refractivity contribution is -0.160. The van der Waals surface area contributed by atoms with E-state index in [2.05, 4.69) is 11.8 Å². The number of ether oxygens (including phenoxy) is 3. The number of aromatic nitrogens is 3. The SMILES string of the molecule is Cc1nc2cc3nn2c(c1C(OC(C)(C)C)C(=O)O)N1CCC(C)(CC1)OCCCCc1cc(F)c(F)cc1COC3. The van der Waals surface area contributed by atoms with Gasteiger partial charge in [0.2, 0.25) is 0 Å². The Morgan fingerprint density at radius 1 is 1.10 bits per heavy atom. The molecule has 5 heterocycles. The first-order chi connectivity index (χ1) is 19.8. The van der Waals surface area contributed by atoms with Crippen molar-refractivity contribution in [2.45, 2.75) is 97.2 Å². The first-order valence-corrected chi connectivity index (χ1v) is 14.6. The van der Waals surface area contributed by atoms with Crippen LogP contribution in [0.4, 0.5) is 14.6 Å². The molecule has 3 aromatic rings. The number of aryl methyl sites for hydroxylation is 2. The first kappa shape index (κ1) is 30.3. The number of carboxylic acids is 1. The summed E-state index contributed by atoms with van der Waals surface area (Å²) in [6, 6.07) is 4.26. The fourth-order valence-electron chi connectivity index (χ4n) is 5.76. The van der Waals surface area contributed by atoms with Crippen LogP contribution in [0, 0.1) is 18.6 Å². The summed E-state index contributed by atoms with van der Waals surface area (Å²) in [7, 11) is 0. The first-order valence-electron chi connectivity index (χ1n) is 14.6. The number of rotatable bonds is 3. The Kier molecular flexibility index (Phi) is 8.55. The minimum atomic E-state index is -1.25. The number of aliphatic carboxylic acids is 1. The Morgan fingerprint density at radius 3 is 2.45 bits per heavy atom. The number of benzene rings is 1. The number of carbonyl (C=O) groups is 1. The maximum Gasteiger partial charge on any atom is 0.337 e. The number of halogens is 2. The van der Waals surface area contributed by atoms with Gasteiger partial charge in [0.1, 0.15) is 5.82 Å². The van der Waals surface area contributed by atoms with E-state index >= 15 is 0 Å². The van der Waals surface area contributed by atoms with E-state index in [0.29, 0.717) is 65.7 Å².